The molecule has 2 aliphatic rings. The minimum Gasteiger partial charge on any atom is -0.481 e. The van der Waals surface area contributed by atoms with Gasteiger partial charge in [0.15, 0.2) is 0 Å². The summed E-state index contributed by atoms with van der Waals surface area (Å²) in [7, 11) is 1.49. The average Bonchev–Trinajstić information content (AvgIpc) is 2.85. The number of hydrogen-bond acceptors (Lipinski definition) is 4. The third-order valence-electron chi connectivity index (χ3n) is 3.81. The highest BCUT2D eigenvalue weighted by Gasteiger charge is 2.40. The van der Waals surface area contributed by atoms with Crippen molar-refractivity contribution in [2.75, 3.05) is 33.2 Å². The average molecular weight is 283 g/mol. The molecular formula is C12H17N3O5. The molecule has 0 unspecified atom stereocenters. The Hall–Kier alpha value is -2.12. The van der Waals surface area contributed by atoms with Crippen molar-refractivity contribution in [3.63, 3.8) is 0 Å². The van der Waals surface area contributed by atoms with Crippen molar-refractivity contribution in [3.8, 4) is 0 Å². The molecule has 2 aliphatic heterocycles. The third-order valence-corrected chi connectivity index (χ3v) is 3.81. The number of likely N-dealkylation sites (N-methyl/N-ethyl adjacent to an activating group) is 1. The first-order chi connectivity index (χ1) is 9.31. The van der Waals surface area contributed by atoms with Gasteiger partial charge in [-0.05, 0) is 5.92 Å². The van der Waals surface area contributed by atoms with Crippen molar-refractivity contribution in [1.82, 2.24) is 14.7 Å². The van der Waals surface area contributed by atoms with E-state index in [4.69, 9.17) is 5.11 Å². The Morgan fingerprint density at radius 3 is 2.40 bits per heavy atom. The van der Waals surface area contributed by atoms with Crippen LogP contribution in [0.25, 0.3) is 0 Å². The van der Waals surface area contributed by atoms with Crippen LogP contribution in [0.4, 0.5) is 4.79 Å². The quantitative estimate of drug-likeness (QED) is 0.674. The van der Waals surface area contributed by atoms with Crippen molar-refractivity contribution < 1.29 is 24.3 Å². The second kappa shape index (κ2) is 5.10. The van der Waals surface area contributed by atoms with Gasteiger partial charge in [0.2, 0.25) is 5.91 Å². The van der Waals surface area contributed by atoms with E-state index in [0.29, 0.717) is 6.54 Å². The summed E-state index contributed by atoms with van der Waals surface area (Å²) in [5.41, 5.74) is 0. The van der Waals surface area contributed by atoms with Gasteiger partial charge in [-0.25, -0.2) is 4.79 Å². The second-order valence-corrected chi connectivity index (χ2v) is 5.34. The Balaban J connectivity index is 1.98. The lowest BCUT2D eigenvalue weighted by atomic mass is 9.99. The van der Waals surface area contributed by atoms with Crippen LogP contribution in [0.15, 0.2) is 0 Å². The van der Waals surface area contributed by atoms with Crippen LogP contribution in [0.5, 0.6) is 0 Å². The number of carboxylic acid groups (broad SMARTS) is 1. The van der Waals surface area contributed by atoms with Gasteiger partial charge < -0.3 is 14.9 Å². The Kier molecular flexibility index (Phi) is 3.65. The molecule has 8 heteroatoms. The van der Waals surface area contributed by atoms with Crippen molar-refractivity contribution >= 4 is 23.8 Å². The molecule has 0 saturated carbocycles. The van der Waals surface area contributed by atoms with E-state index < -0.39 is 29.7 Å². The number of amides is 4. The first-order valence-corrected chi connectivity index (χ1v) is 6.37. The molecule has 2 fully saturated rings. The van der Waals surface area contributed by atoms with Gasteiger partial charge >= 0.3 is 12.0 Å². The Morgan fingerprint density at radius 1 is 1.30 bits per heavy atom. The molecule has 1 N–H and O–H groups in total. The number of rotatable bonds is 3. The summed E-state index contributed by atoms with van der Waals surface area (Å²) >= 11 is 0. The first-order valence-electron chi connectivity index (χ1n) is 6.37. The molecule has 110 valence electrons. The highest BCUT2D eigenvalue weighted by Crippen LogP contribution is 2.23. The number of urea groups is 1. The normalized spacial score (nSPS) is 26.6. The van der Waals surface area contributed by atoms with E-state index in [1.165, 1.54) is 16.8 Å². The van der Waals surface area contributed by atoms with Crippen molar-refractivity contribution in [2.24, 2.45) is 11.8 Å². The monoisotopic (exact) mass is 283 g/mol. The number of carboxylic acids is 1. The Morgan fingerprint density at radius 2 is 1.95 bits per heavy atom. The molecule has 0 aromatic carbocycles. The number of carbonyl (C=O) groups is 4. The summed E-state index contributed by atoms with van der Waals surface area (Å²) in [6, 6.07) is -0.495. The number of imide groups is 1. The summed E-state index contributed by atoms with van der Waals surface area (Å²) in [6.07, 6.45) is 0. The zero-order chi connectivity index (χ0) is 15.0. The van der Waals surface area contributed by atoms with Gasteiger partial charge in [0.05, 0.1) is 5.92 Å². The van der Waals surface area contributed by atoms with E-state index in [1.807, 2.05) is 0 Å². The summed E-state index contributed by atoms with van der Waals surface area (Å²) in [6.45, 7) is 1.89. The maximum absolute atomic E-state index is 12.1. The number of hydrogen-bond donors (Lipinski definition) is 1. The van der Waals surface area contributed by atoms with Crippen LogP contribution in [0, 0.1) is 11.8 Å². The molecule has 0 aromatic heterocycles. The van der Waals surface area contributed by atoms with Crippen LogP contribution in [-0.4, -0.2) is 76.8 Å². The highest BCUT2D eigenvalue weighted by atomic mass is 16.4. The van der Waals surface area contributed by atoms with E-state index in [9.17, 15) is 19.2 Å². The fraction of sp³-hybridized carbons (Fsp3) is 0.667. The van der Waals surface area contributed by atoms with E-state index in [2.05, 4.69) is 0 Å². The van der Waals surface area contributed by atoms with Crippen LogP contribution in [0.3, 0.4) is 0 Å². The maximum Gasteiger partial charge on any atom is 0.327 e. The topological polar surface area (TPSA) is 98.2 Å². The molecule has 0 radical (unpaired) electrons. The lowest BCUT2D eigenvalue weighted by Gasteiger charge is -2.19. The van der Waals surface area contributed by atoms with E-state index >= 15 is 0 Å². The molecule has 4 amide bonds. The molecule has 2 rings (SSSR count). The third kappa shape index (κ3) is 2.45. The molecular weight excluding hydrogens is 266 g/mol. The van der Waals surface area contributed by atoms with Gasteiger partial charge in [-0.15, -0.1) is 0 Å². The Labute approximate surface area is 115 Å². The molecule has 2 atom stereocenters. The lowest BCUT2D eigenvalue weighted by Crippen LogP contribution is -2.42. The molecule has 0 bridgehead atoms. The van der Waals surface area contributed by atoms with Crippen LogP contribution in [0.2, 0.25) is 0 Å². The van der Waals surface area contributed by atoms with E-state index in [-0.39, 0.29) is 25.6 Å². The zero-order valence-electron chi connectivity index (χ0n) is 11.4. The van der Waals surface area contributed by atoms with Crippen molar-refractivity contribution in [2.45, 2.75) is 6.92 Å². The van der Waals surface area contributed by atoms with Gasteiger partial charge in [0.1, 0.15) is 13.1 Å². The fourth-order valence-corrected chi connectivity index (χ4v) is 2.55. The predicted molar refractivity (Wildman–Crippen MR) is 66.6 cm³/mol. The van der Waals surface area contributed by atoms with Crippen LogP contribution in [0.1, 0.15) is 6.92 Å². The number of carbonyl (C=O) groups excluding carboxylic acids is 3. The van der Waals surface area contributed by atoms with Crippen LogP contribution >= 0.6 is 0 Å². The van der Waals surface area contributed by atoms with E-state index in [1.54, 1.807) is 6.92 Å². The summed E-state index contributed by atoms with van der Waals surface area (Å²) in [5, 5.41) is 9.02. The highest BCUT2D eigenvalue weighted by molar-refractivity contribution is 6.04. The van der Waals surface area contributed by atoms with E-state index in [0.717, 1.165) is 4.90 Å². The summed E-state index contributed by atoms with van der Waals surface area (Å²) < 4.78 is 0. The summed E-state index contributed by atoms with van der Waals surface area (Å²) in [4.78, 5) is 49.9. The van der Waals surface area contributed by atoms with Gasteiger partial charge in [-0.3, -0.25) is 19.3 Å². The summed E-state index contributed by atoms with van der Waals surface area (Å²) in [5.74, 6) is -2.46. The van der Waals surface area contributed by atoms with Gasteiger partial charge in [0.25, 0.3) is 5.91 Å². The molecule has 0 aromatic rings. The number of nitrogens with zero attached hydrogens (tertiary/aromatic N) is 3. The van der Waals surface area contributed by atoms with Crippen molar-refractivity contribution in [3.05, 3.63) is 0 Å². The molecule has 8 nitrogen and oxygen atoms in total. The molecule has 0 aliphatic carbocycles. The van der Waals surface area contributed by atoms with Gasteiger partial charge in [-0.1, -0.05) is 6.92 Å². The Bertz CT molecular complexity index is 478. The number of aliphatic carboxylic acids is 1. The van der Waals surface area contributed by atoms with Crippen LogP contribution < -0.4 is 0 Å². The fourth-order valence-electron chi connectivity index (χ4n) is 2.55. The minimum absolute atomic E-state index is 0.0275. The smallest absolute Gasteiger partial charge is 0.327 e. The van der Waals surface area contributed by atoms with Crippen LogP contribution in [-0.2, 0) is 14.4 Å². The standard InChI is InChI=1S/C12H17N3O5/c1-7-3-14(4-8(7)11(18)19)9(16)6-15-10(17)5-13(2)12(15)20/h7-8H,3-6H2,1-2H3,(H,18,19)/t7-,8-/m1/s1. The molecule has 20 heavy (non-hydrogen) atoms. The lowest BCUT2D eigenvalue weighted by molar-refractivity contribution is -0.142. The second-order valence-electron chi connectivity index (χ2n) is 5.34. The largest absolute Gasteiger partial charge is 0.481 e. The first kappa shape index (κ1) is 14.3. The van der Waals surface area contributed by atoms with Gasteiger partial charge in [-0.2, -0.15) is 0 Å². The predicted octanol–water partition coefficient (Wildman–Crippen LogP) is -0.940. The zero-order valence-corrected chi connectivity index (χ0v) is 11.4. The SMILES string of the molecule is C[C@@H]1CN(C(=O)CN2C(=O)CN(C)C2=O)C[C@H]1C(=O)O. The molecule has 0 spiro atoms. The minimum atomic E-state index is -0.930. The molecule has 2 saturated heterocycles. The van der Waals surface area contributed by atoms with Gasteiger partial charge in [0, 0.05) is 20.1 Å². The molecule has 2 heterocycles. The maximum atomic E-state index is 12.1. The number of likely N-dealkylation sites (tertiary alicyclic amines) is 1. The van der Waals surface area contributed by atoms with Crippen molar-refractivity contribution in [1.29, 1.82) is 0 Å².